The van der Waals surface area contributed by atoms with Gasteiger partial charge in [0, 0.05) is 30.4 Å². The zero-order valence-corrected chi connectivity index (χ0v) is 20.7. The number of nitrogens with zero attached hydrogens (tertiary/aromatic N) is 4. The minimum absolute atomic E-state index is 0.0376. The number of amides is 2. The molecule has 0 aliphatic carbocycles. The molecule has 1 fully saturated rings. The quantitative estimate of drug-likeness (QED) is 0.475. The molecule has 184 valence electrons. The first-order valence-electron chi connectivity index (χ1n) is 11.6. The summed E-state index contributed by atoms with van der Waals surface area (Å²) >= 11 is 1.34. The molecule has 0 atom stereocenters. The van der Waals surface area contributed by atoms with Crippen LogP contribution in [0.5, 0.6) is 5.75 Å². The number of hydrogen-bond acceptors (Lipinski definition) is 7. The Morgan fingerprint density at radius 2 is 1.77 bits per heavy atom. The molecule has 1 aliphatic rings. The number of piperidine rings is 1. The van der Waals surface area contributed by atoms with Crippen molar-refractivity contribution in [2.75, 3.05) is 32.6 Å². The van der Waals surface area contributed by atoms with Crippen LogP contribution in [-0.4, -0.2) is 70.3 Å². The Labute approximate surface area is 208 Å². The number of rotatable bonds is 8. The number of aromatic nitrogens is 3. The van der Waals surface area contributed by atoms with E-state index in [1.165, 1.54) is 11.8 Å². The molecule has 2 aromatic carbocycles. The van der Waals surface area contributed by atoms with Crippen LogP contribution >= 0.6 is 11.8 Å². The van der Waals surface area contributed by atoms with Crippen LogP contribution in [0, 0.1) is 0 Å². The summed E-state index contributed by atoms with van der Waals surface area (Å²) in [5, 5.41) is 12.5. The average molecular weight is 496 g/mol. The Kier molecular flexibility index (Phi) is 8.25. The van der Waals surface area contributed by atoms with E-state index in [1.807, 2.05) is 59.2 Å². The van der Waals surface area contributed by atoms with Gasteiger partial charge in [0.1, 0.15) is 5.75 Å². The van der Waals surface area contributed by atoms with Crippen LogP contribution in [0.3, 0.4) is 0 Å². The Morgan fingerprint density at radius 3 is 2.43 bits per heavy atom. The van der Waals surface area contributed by atoms with Crippen LogP contribution in [0.2, 0.25) is 0 Å². The SMILES string of the molecule is CCOC(=O)N1CCC(NC(=O)CSc2nnc(-c3ccc(OC)cc3)n2-c2ccccc2)CC1. The van der Waals surface area contributed by atoms with Gasteiger partial charge in [-0.2, -0.15) is 0 Å². The monoisotopic (exact) mass is 495 g/mol. The number of ether oxygens (including phenoxy) is 2. The van der Waals surface area contributed by atoms with Crippen molar-refractivity contribution in [1.82, 2.24) is 25.0 Å². The van der Waals surface area contributed by atoms with Crippen LogP contribution < -0.4 is 10.1 Å². The lowest BCUT2D eigenvalue weighted by Gasteiger charge is -2.31. The Morgan fingerprint density at radius 1 is 1.06 bits per heavy atom. The molecular formula is C25H29N5O4S. The Hall–Kier alpha value is -3.53. The summed E-state index contributed by atoms with van der Waals surface area (Å²) in [6.45, 7) is 3.30. The molecule has 4 rings (SSSR count). The van der Waals surface area contributed by atoms with Gasteiger partial charge in [0.25, 0.3) is 0 Å². The summed E-state index contributed by atoms with van der Waals surface area (Å²) in [7, 11) is 1.63. The van der Waals surface area contributed by atoms with Crippen LogP contribution in [0.4, 0.5) is 4.79 Å². The van der Waals surface area contributed by atoms with Crippen molar-refractivity contribution >= 4 is 23.8 Å². The maximum absolute atomic E-state index is 12.7. The van der Waals surface area contributed by atoms with Gasteiger partial charge >= 0.3 is 6.09 Å². The highest BCUT2D eigenvalue weighted by atomic mass is 32.2. The maximum atomic E-state index is 12.7. The van der Waals surface area contributed by atoms with E-state index in [9.17, 15) is 9.59 Å². The summed E-state index contributed by atoms with van der Waals surface area (Å²) in [5.41, 5.74) is 1.81. The van der Waals surface area contributed by atoms with Crippen molar-refractivity contribution in [2.45, 2.75) is 31.0 Å². The number of para-hydroxylation sites is 1. The molecule has 3 aromatic rings. The Bertz CT molecular complexity index is 1130. The predicted octanol–water partition coefficient (Wildman–Crippen LogP) is 3.77. The summed E-state index contributed by atoms with van der Waals surface area (Å²) in [4.78, 5) is 26.2. The number of likely N-dealkylation sites (tertiary alicyclic amines) is 1. The standard InChI is InChI=1S/C25H29N5O4S/c1-3-34-25(32)29-15-13-19(14-16-29)26-22(31)17-35-24-28-27-23(18-9-11-21(33-2)12-10-18)30(24)20-7-5-4-6-8-20/h4-12,19H,3,13-17H2,1-2H3,(H,26,31). The second-order valence-electron chi connectivity index (χ2n) is 8.02. The van der Waals surface area contributed by atoms with Crippen molar-refractivity contribution in [3.63, 3.8) is 0 Å². The van der Waals surface area contributed by atoms with Crippen LogP contribution in [0.25, 0.3) is 17.1 Å². The van der Waals surface area contributed by atoms with Crippen molar-refractivity contribution in [2.24, 2.45) is 0 Å². The number of nitrogens with one attached hydrogen (secondary N) is 1. The first-order valence-corrected chi connectivity index (χ1v) is 12.6. The lowest BCUT2D eigenvalue weighted by Crippen LogP contribution is -2.47. The minimum atomic E-state index is -0.291. The van der Waals surface area contributed by atoms with Gasteiger partial charge in [-0.15, -0.1) is 10.2 Å². The minimum Gasteiger partial charge on any atom is -0.497 e. The predicted molar refractivity (Wildman–Crippen MR) is 134 cm³/mol. The zero-order chi connectivity index (χ0) is 24.6. The first kappa shape index (κ1) is 24.6. The largest absolute Gasteiger partial charge is 0.497 e. The van der Waals surface area contributed by atoms with E-state index in [0.29, 0.717) is 43.5 Å². The third kappa shape index (κ3) is 6.13. The molecule has 10 heteroatoms. The van der Waals surface area contributed by atoms with Gasteiger partial charge in [0.2, 0.25) is 5.91 Å². The number of carbonyl (C=O) groups excluding carboxylic acids is 2. The molecular weight excluding hydrogens is 466 g/mol. The van der Waals surface area contributed by atoms with Crippen LogP contribution in [0.1, 0.15) is 19.8 Å². The van der Waals surface area contributed by atoms with Gasteiger partial charge in [0.15, 0.2) is 11.0 Å². The van der Waals surface area contributed by atoms with E-state index in [2.05, 4.69) is 15.5 Å². The topological polar surface area (TPSA) is 98.6 Å². The van der Waals surface area contributed by atoms with E-state index in [4.69, 9.17) is 9.47 Å². The van der Waals surface area contributed by atoms with Crippen LogP contribution in [-0.2, 0) is 9.53 Å². The van der Waals surface area contributed by atoms with E-state index in [1.54, 1.807) is 18.9 Å². The third-order valence-corrected chi connectivity index (χ3v) is 6.64. The van der Waals surface area contributed by atoms with Gasteiger partial charge < -0.3 is 19.7 Å². The van der Waals surface area contributed by atoms with Crippen molar-refractivity contribution in [3.05, 3.63) is 54.6 Å². The molecule has 9 nitrogen and oxygen atoms in total. The molecule has 0 spiro atoms. The summed E-state index contributed by atoms with van der Waals surface area (Å²) in [6.07, 6.45) is 1.12. The third-order valence-electron chi connectivity index (χ3n) is 5.71. The molecule has 1 aromatic heterocycles. The smallest absolute Gasteiger partial charge is 0.409 e. The van der Waals surface area contributed by atoms with E-state index in [0.717, 1.165) is 17.0 Å². The van der Waals surface area contributed by atoms with Crippen molar-refractivity contribution in [1.29, 1.82) is 0 Å². The number of carbonyl (C=O) groups is 2. The summed E-state index contributed by atoms with van der Waals surface area (Å²) < 4.78 is 12.3. The second kappa shape index (κ2) is 11.7. The van der Waals surface area contributed by atoms with Crippen molar-refractivity contribution in [3.8, 4) is 22.8 Å². The first-order chi connectivity index (χ1) is 17.1. The molecule has 35 heavy (non-hydrogen) atoms. The van der Waals surface area contributed by atoms with E-state index >= 15 is 0 Å². The van der Waals surface area contributed by atoms with Crippen molar-refractivity contribution < 1.29 is 19.1 Å². The number of benzene rings is 2. The molecule has 2 heterocycles. The highest BCUT2D eigenvalue weighted by molar-refractivity contribution is 7.99. The maximum Gasteiger partial charge on any atom is 0.409 e. The lowest BCUT2D eigenvalue weighted by atomic mass is 10.1. The molecule has 1 saturated heterocycles. The number of thioether (sulfide) groups is 1. The molecule has 0 saturated carbocycles. The average Bonchev–Trinajstić information content (AvgIpc) is 3.32. The highest BCUT2D eigenvalue weighted by Gasteiger charge is 2.25. The number of hydrogen-bond donors (Lipinski definition) is 1. The molecule has 0 radical (unpaired) electrons. The molecule has 0 unspecified atom stereocenters. The fourth-order valence-corrected chi connectivity index (χ4v) is 4.68. The van der Waals surface area contributed by atoms with Gasteiger partial charge in [-0.25, -0.2) is 4.79 Å². The van der Waals surface area contributed by atoms with Gasteiger partial charge in [-0.05, 0) is 56.2 Å². The molecule has 1 N–H and O–H groups in total. The fraction of sp³-hybridized carbons (Fsp3) is 0.360. The summed E-state index contributed by atoms with van der Waals surface area (Å²) in [6, 6.07) is 17.5. The fourth-order valence-electron chi connectivity index (χ4n) is 3.92. The van der Waals surface area contributed by atoms with Gasteiger partial charge in [0.05, 0.1) is 19.5 Å². The van der Waals surface area contributed by atoms with E-state index < -0.39 is 0 Å². The molecule has 0 bridgehead atoms. The molecule has 2 amide bonds. The summed E-state index contributed by atoms with van der Waals surface area (Å²) in [5.74, 6) is 1.59. The highest BCUT2D eigenvalue weighted by Crippen LogP contribution is 2.29. The van der Waals surface area contributed by atoms with Gasteiger partial charge in [-0.3, -0.25) is 9.36 Å². The van der Waals surface area contributed by atoms with Crippen LogP contribution in [0.15, 0.2) is 59.8 Å². The lowest BCUT2D eigenvalue weighted by molar-refractivity contribution is -0.119. The Balaban J connectivity index is 1.41. The zero-order valence-electron chi connectivity index (χ0n) is 19.8. The second-order valence-corrected chi connectivity index (χ2v) is 8.96. The molecule has 1 aliphatic heterocycles. The van der Waals surface area contributed by atoms with E-state index in [-0.39, 0.29) is 23.8 Å². The van der Waals surface area contributed by atoms with Gasteiger partial charge in [-0.1, -0.05) is 30.0 Å². The number of methoxy groups -OCH3 is 1. The normalized spacial score (nSPS) is 13.9.